The topological polar surface area (TPSA) is 35.5 Å². The Morgan fingerprint density at radius 1 is 1.10 bits per heavy atom. The van der Waals surface area contributed by atoms with Crippen molar-refractivity contribution in [3.63, 3.8) is 0 Å². The fourth-order valence-electron chi connectivity index (χ4n) is 2.28. The number of aliphatic hydroxyl groups is 1. The molecule has 0 heterocycles. The second-order valence-electron chi connectivity index (χ2n) is 5.79. The third kappa shape index (κ3) is 8.07. The molecule has 0 saturated carbocycles. The van der Waals surface area contributed by atoms with E-state index in [1.54, 1.807) is 0 Å². The van der Waals surface area contributed by atoms with E-state index in [1.807, 2.05) is 27.7 Å². The van der Waals surface area contributed by atoms with Crippen molar-refractivity contribution in [1.82, 2.24) is 10.2 Å². The first-order valence-electron chi connectivity index (χ1n) is 7.31. The molecule has 0 aromatic rings. The summed E-state index contributed by atoms with van der Waals surface area (Å²) in [6, 6.07) is 0.307. The minimum absolute atomic E-state index is 0.0585. The monoisotopic (exact) mass is 298 g/mol. The summed E-state index contributed by atoms with van der Waals surface area (Å²) >= 11 is 0. The van der Waals surface area contributed by atoms with Crippen LogP contribution in [0.15, 0.2) is 0 Å². The standard InChI is InChI=1S/C14H29F3N2O/c1-5-13(6-2,9-18-12(3)4)10-19(7-8-20)11-14(15,16)17/h12,18,20H,5-11H2,1-4H3. The summed E-state index contributed by atoms with van der Waals surface area (Å²) in [6.45, 7) is 7.95. The van der Waals surface area contributed by atoms with Gasteiger partial charge in [-0.2, -0.15) is 13.2 Å². The number of hydrogen-bond acceptors (Lipinski definition) is 3. The number of nitrogens with zero attached hydrogens (tertiary/aromatic N) is 1. The molecule has 0 aliphatic rings. The lowest BCUT2D eigenvalue weighted by Crippen LogP contribution is -2.48. The third-order valence-corrected chi connectivity index (χ3v) is 3.76. The van der Waals surface area contributed by atoms with Crippen molar-refractivity contribution >= 4 is 0 Å². The first-order chi connectivity index (χ1) is 9.18. The lowest BCUT2D eigenvalue weighted by Gasteiger charge is -2.38. The van der Waals surface area contributed by atoms with Gasteiger partial charge in [0, 0.05) is 25.7 Å². The lowest BCUT2D eigenvalue weighted by atomic mass is 9.81. The quantitative estimate of drug-likeness (QED) is 0.651. The molecule has 0 spiro atoms. The van der Waals surface area contributed by atoms with Gasteiger partial charge in [-0.3, -0.25) is 4.90 Å². The predicted octanol–water partition coefficient (Wildman–Crippen LogP) is 2.65. The highest BCUT2D eigenvalue weighted by molar-refractivity contribution is 4.84. The summed E-state index contributed by atoms with van der Waals surface area (Å²) in [5.41, 5.74) is -0.190. The number of rotatable bonds is 10. The predicted molar refractivity (Wildman–Crippen MR) is 75.7 cm³/mol. The van der Waals surface area contributed by atoms with Crippen LogP contribution < -0.4 is 5.32 Å². The van der Waals surface area contributed by atoms with Gasteiger partial charge in [0.2, 0.25) is 0 Å². The van der Waals surface area contributed by atoms with Gasteiger partial charge in [-0.1, -0.05) is 27.7 Å². The van der Waals surface area contributed by atoms with E-state index in [0.29, 0.717) is 19.1 Å². The molecule has 3 nitrogen and oxygen atoms in total. The van der Waals surface area contributed by atoms with Gasteiger partial charge in [0.25, 0.3) is 0 Å². The van der Waals surface area contributed by atoms with E-state index in [4.69, 9.17) is 5.11 Å². The van der Waals surface area contributed by atoms with Crippen LogP contribution in [-0.4, -0.2) is 55.0 Å². The van der Waals surface area contributed by atoms with Gasteiger partial charge in [-0.05, 0) is 18.3 Å². The molecule has 122 valence electrons. The van der Waals surface area contributed by atoms with Crippen LogP contribution in [0.3, 0.4) is 0 Å². The number of halogens is 3. The Balaban J connectivity index is 4.79. The highest BCUT2D eigenvalue weighted by Crippen LogP contribution is 2.28. The van der Waals surface area contributed by atoms with Crippen LogP contribution in [0.2, 0.25) is 0 Å². The number of hydrogen-bond donors (Lipinski definition) is 2. The van der Waals surface area contributed by atoms with Gasteiger partial charge in [0.05, 0.1) is 13.2 Å². The zero-order chi connectivity index (χ0) is 15.8. The van der Waals surface area contributed by atoms with Crippen molar-refractivity contribution in [3.8, 4) is 0 Å². The lowest BCUT2D eigenvalue weighted by molar-refractivity contribution is -0.150. The first-order valence-corrected chi connectivity index (χ1v) is 7.31. The summed E-state index contributed by atoms with van der Waals surface area (Å²) in [5.74, 6) is 0. The molecule has 0 amide bonds. The average Bonchev–Trinajstić information content (AvgIpc) is 2.32. The van der Waals surface area contributed by atoms with Crippen LogP contribution >= 0.6 is 0 Å². The summed E-state index contributed by atoms with van der Waals surface area (Å²) in [5, 5.41) is 12.3. The molecule has 0 atom stereocenters. The van der Waals surface area contributed by atoms with Crippen molar-refractivity contribution in [1.29, 1.82) is 0 Å². The molecule has 0 aliphatic heterocycles. The fourth-order valence-corrected chi connectivity index (χ4v) is 2.28. The van der Waals surface area contributed by atoms with Crippen molar-refractivity contribution in [2.45, 2.75) is 52.8 Å². The van der Waals surface area contributed by atoms with E-state index in [2.05, 4.69) is 5.32 Å². The Kier molecular flexibility index (Phi) is 8.70. The maximum absolute atomic E-state index is 12.6. The largest absolute Gasteiger partial charge is 0.401 e. The Hall–Kier alpha value is -0.330. The average molecular weight is 298 g/mol. The molecule has 0 radical (unpaired) electrons. The Morgan fingerprint density at radius 3 is 2.00 bits per heavy atom. The highest BCUT2D eigenvalue weighted by Gasteiger charge is 2.35. The van der Waals surface area contributed by atoms with Crippen LogP contribution in [0.1, 0.15) is 40.5 Å². The van der Waals surface area contributed by atoms with Gasteiger partial charge in [-0.25, -0.2) is 0 Å². The second-order valence-corrected chi connectivity index (χ2v) is 5.79. The molecule has 6 heteroatoms. The van der Waals surface area contributed by atoms with Crippen molar-refractivity contribution in [2.24, 2.45) is 5.41 Å². The van der Waals surface area contributed by atoms with Gasteiger partial charge < -0.3 is 10.4 Å². The SMILES string of the molecule is CCC(CC)(CNC(C)C)CN(CCO)CC(F)(F)F. The van der Waals surface area contributed by atoms with Crippen molar-refractivity contribution in [2.75, 3.05) is 32.8 Å². The normalized spacial score (nSPS) is 13.5. The van der Waals surface area contributed by atoms with Crippen molar-refractivity contribution in [3.05, 3.63) is 0 Å². The van der Waals surface area contributed by atoms with E-state index in [-0.39, 0.29) is 18.6 Å². The zero-order valence-electron chi connectivity index (χ0n) is 13.1. The molecule has 0 aromatic carbocycles. The number of nitrogens with one attached hydrogen (secondary N) is 1. The molecular weight excluding hydrogens is 269 g/mol. The molecule has 0 aliphatic carbocycles. The summed E-state index contributed by atoms with van der Waals surface area (Å²) in [4.78, 5) is 1.31. The molecular formula is C14H29F3N2O. The summed E-state index contributed by atoms with van der Waals surface area (Å²) < 4.78 is 37.8. The van der Waals surface area contributed by atoms with E-state index in [0.717, 1.165) is 12.8 Å². The molecule has 0 fully saturated rings. The molecule has 0 rings (SSSR count). The number of aliphatic hydroxyl groups excluding tert-OH is 1. The van der Waals surface area contributed by atoms with Crippen LogP contribution in [0.4, 0.5) is 13.2 Å². The molecule has 0 bridgehead atoms. The van der Waals surface area contributed by atoms with E-state index in [9.17, 15) is 13.2 Å². The zero-order valence-corrected chi connectivity index (χ0v) is 13.1. The minimum atomic E-state index is -4.23. The second kappa shape index (κ2) is 8.85. The van der Waals surface area contributed by atoms with Gasteiger partial charge in [-0.15, -0.1) is 0 Å². The van der Waals surface area contributed by atoms with Gasteiger partial charge in [0.15, 0.2) is 0 Å². The Labute approximate surface area is 120 Å². The molecule has 0 aromatic heterocycles. The van der Waals surface area contributed by atoms with Crippen LogP contribution in [0, 0.1) is 5.41 Å². The maximum atomic E-state index is 12.6. The summed E-state index contributed by atoms with van der Waals surface area (Å²) in [7, 11) is 0. The number of alkyl halides is 3. The Bertz CT molecular complexity index is 253. The van der Waals surface area contributed by atoms with E-state index < -0.39 is 12.7 Å². The maximum Gasteiger partial charge on any atom is 0.401 e. The van der Waals surface area contributed by atoms with E-state index in [1.165, 1.54) is 4.90 Å². The van der Waals surface area contributed by atoms with Crippen molar-refractivity contribution < 1.29 is 18.3 Å². The van der Waals surface area contributed by atoms with Crippen LogP contribution in [0.5, 0.6) is 0 Å². The molecule has 0 unspecified atom stereocenters. The minimum Gasteiger partial charge on any atom is -0.395 e. The van der Waals surface area contributed by atoms with Gasteiger partial charge >= 0.3 is 6.18 Å². The Morgan fingerprint density at radius 2 is 1.65 bits per heavy atom. The van der Waals surface area contributed by atoms with E-state index >= 15 is 0 Å². The molecule has 2 N–H and O–H groups in total. The van der Waals surface area contributed by atoms with Crippen LogP contribution in [0.25, 0.3) is 0 Å². The third-order valence-electron chi connectivity index (χ3n) is 3.76. The highest BCUT2D eigenvalue weighted by atomic mass is 19.4. The fraction of sp³-hybridized carbons (Fsp3) is 1.00. The first kappa shape index (κ1) is 19.7. The summed E-state index contributed by atoms with van der Waals surface area (Å²) in [6.07, 6.45) is -2.61. The smallest absolute Gasteiger partial charge is 0.395 e. The molecule has 0 saturated heterocycles. The van der Waals surface area contributed by atoms with Crippen LogP contribution in [-0.2, 0) is 0 Å². The molecule has 20 heavy (non-hydrogen) atoms. The van der Waals surface area contributed by atoms with Gasteiger partial charge in [0.1, 0.15) is 0 Å².